The molecule has 0 bridgehead atoms. The lowest BCUT2D eigenvalue weighted by molar-refractivity contribution is 0.628. The van der Waals surface area contributed by atoms with E-state index in [9.17, 15) is 0 Å². The monoisotopic (exact) mass is 269 g/mol. The zero-order valence-electron chi connectivity index (χ0n) is 9.18. The molecule has 1 aromatic rings. The molecule has 0 unspecified atom stereocenters. The van der Waals surface area contributed by atoms with Crippen molar-refractivity contribution in [2.75, 3.05) is 6.54 Å². The van der Waals surface area contributed by atoms with Gasteiger partial charge in [0.25, 0.3) is 0 Å². The third kappa shape index (κ3) is 3.08. The first-order valence-electron chi connectivity index (χ1n) is 5.05. The first-order chi connectivity index (χ1) is 7.20. The fourth-order valence-corrected chi connectivity index (χ4v) is 2.14. The average molecular weight is 270 g/mol. The molecular weight excluding hydrogens is 254 g/mol. The summed E-state index contributed by atoms with van der Waals surface area (Å²) in [4.78, 5) is 0. The third-order valence-electron chi connectivity index (χ3n) is 2.24. The fraction of sp³-hybridized carbons (Fsp3) is 0.545. The van der Waals surface area contributed by atoms with Crippen LogP contribution in [-0.2, 0) is 20.0 Å². The Balaban J connectivity index is 2.61. The molecule has 0 spiro atoms. The van der Waals surface area contributed by atoms with Crippen LogP contribution in [0.15, 0.2) is 4.47 Å². The Hall–Kier alpha value is -0.790. The largest absolute Gasteiger partial charge is 0.310 e. The Morgan fingerprint density at radius 1 is 1.60 bits per heavy atom. The van der Waals surface area contributed by atoms with Crippen LogP contribution in [0.5, 0.6) is 0 Å². The summed E-state index contributed by atoms with van der Waals surface area (Å²) in [5.41, 5.74) is 2.27. The van der Waals surface area contributed by atoms with Crippen LogP contribution in [0.4, 0.5) is 0 Å². The van der Waals surface area contributed by atoms with Gasteiger partial charge in [-0.25, -0.2) is 0 Å². The standard InChI is InChI=1S/C11H16BrN3/c1-4-6-7-13-8-10-11(12)9(5-2)14-15(10)3/h1,13H,5-8H2,2-3H3. The molecule has 0 saturated carbocycles. The lowest BCUT2D eigenvalue weighted by Crippen LogP contribution is -2.16. The zero-order chi connectivity index (χ0) is 11.3. The maximum atomic E-state index is 5.18. The van der Waals surface area contributed by atoms with Crippen molar-refractivity contribution in [3.05, 3.63) is 15.9 Å². The smallest absolute Gasteiger partial charge is 0.0767 e. The minimum absolute atomic E-state index is 0.760. The number of terminal acetylenes is 1. The quantitative estimate of drug-likeness (QED) is 0.653. The van der Waals surface area contributed by atoms with Gasteiger partial charge in [0.15, 0.2) is 0 Å². The van der Waals surface area contributed by atoms with Gasteiger partial charge < -0.3 is 5.32 Å². The summed E-state index contributed by atoms with van der Waals surface area (Å²) in [6, 6.07) is 0. The highest BCUT2D eigenvalue weighted by molar-refractivity contribution is 9.10. The van der Waals surface area contributed by atoms with Crippen LogP contribution < -0.4 is 5.32 Å². The third-order valence-corrected chi connectivity index (χ3v) is 3.16. The molecule has 82 valence electrons. The highest BCUT2D eigenvalue weighted by atomic mass is 79.9. The Morgan fingerprint density at radius 2 is 2.33 bits per heavy atom. The van der Waals surface area contributed by atoms with Crippen LogP contribution >= 0.6 is 15.9 Å². The first kappa shape index (κ1) is 12.3. The van der Waals surface area contributed by atoms with E-state index in [1.54, 1.807) is 0 Å². The number of aryl methyl sites for hydroxylation is 2. The summed E-state index contributed by atoms with van der Waals surface area (Å²) < 4.78 is 3.02. The predicted octanol–water partition coefficient (Wildman–Crippen LogP) is 1.86. The normalized spacial score (nSPS) is 10.3. The SMILES string of the molecule is C#CCCNCc1c(Br)c(CC)nn1C. The van der Waals surface area contributed by atoms with Crippen molar-refractivity contribution in [1.29, 1.82) is 0 Å². The molecule has 0 amide bonds. The summed E-state index contributed by atoms with van der Waals surface area (Å²) in [6.07, 6.45) is 6.88. The lowest BCUT2D eigenvalue weighted by atomic mass is 10.3. The van der Waals surface area contributed by atoms with Crippen molar-refractivity contribution in [3.63, 3.8) is 0 Å². The van der Waals surface area contributed by atoms with Crippen LogP contribution in [0.1, 0.15) is 24.7 Å². The zero-order valence-corrected chi connectivity index (χ0v) is 10.8. The van der Waals surface area contributed by atoms with Crippen LogP contribution in [0.2, 0.25) is 0 Å². The first-order valence-corrected chi connectivity index (χ1v) is 5.84. The summed E-state index contributed by atoms with van der Waals surface area (Å²) in [5, 5.41) is 7.71. The number of nitrogens with zero attached hydrogens (tertiary/aromatic N) is 2. The lowest BCUT2D eigenvalue weighted by Gasteiger charge is -2.03. The molecule has 0 fully saturated rings. The molecule has 0 aromatic carbocycles. The topological polar surface area (TPSA) is 29.9 Å². The van der Waals surface area contributed by atoms with Gasteiger partial charge in [0.05, 0.1) is 15.9 Å². The maximum Gasteiger partial charge on any atom is 0.0767 e. The van der Waals surface area contributed by atoms with Crippen LogP contribution in [-0.4, -0.2) is 16.3 Å². The van der Waals surface area contributed by atoms with Gasteiger partial charge in [-0.15, -0.1) is 12.3 Å². The molecule has 0 aliphatic heterocycles. The minimum atomic E-state index is 0.760. The van der Waals surface area contributed by atoms with Crippen molar-refractivity contribution in [3.8, 4) is 12.3 Å². The van der Waals surface area contributed by atoms with Crippen molar-refractivity contribution >= 4 is 15.9 Å². The molecule has 3 nitrogen and oxygen atoms in total. The maximum absolute atomic E-state index is 5.18. The van der Waals surface area contributed by atoms with Crippen LogP contribution in [0.25, 0.3) is 0 Å². The second kappa shape index (κ2) is 5.94. The van der Waals surface area contributed by atoms with Crippen molar-refractivity contribution in [1.82, 2.24) is 15.1 Å². The summed E-state index contributed by atoms with van der Waals surface area (Å²) in [6.45, 7) is 3.74. The highest BCUT2D eigenvalue weighted by Crippen LogP contribution is 2.21. The number of nitrogens with one attached hydrogen (secondary N) is 1. The van der Waals surface area contributed by atoms with Crippen molar-refractivity contribution in [2.24, 2.45) is 7.05 Å². The molecule has 0 radical (unpaired) electrons. The van der Waals surface area contributed by atoms with Gasteiger partial charge in [-0.2, -0.15) is 5.10 Å². The van der Waals surface area contributed by atoms with Crippen LogP contribution in [0.3, 0.4) is 0 Å². The Morgan fingerprint density at radius 3 is 2.87 bits per heavy atom. The fourth-order valence-electron chi connectivity index (χ4n) is 1.38. The summed E-state index contributed by atoms with van der Waals surface area (Å²) in [5.74, 6) is 2.60. The van der Waals surface area contributed by atoms with E-state index in [1.807, 2.05) is 11.7 Å². The van der Waals surface area contributed by atoms with E-state index in [0.29, 0.717) is 0 Å². The predicted molar refractivity (Wildman–Crippen MR) is 65.4 cm³/mol. The van der Waals surface area contributed by atoms with Gasteiger partial charge in [-0.3, -0.25) is 4.68 Å². The molecule has 15 heavy (non-hydrogen) atoms. The Bertz CT molecular complexity index is 363. The van der Waals surface area contributed by atoms with Crippen molar-refractivity contribution < 1.29 is 0 Å². The van der Waals surface area contributed by atoms with Gasteiger partial charge >= 0.3 is 0 Å². The molecule has 0 aliphatic rings. The van der Waals surface area contributed by atoms with E-state index in [0.717, 1.165) is 36.1 Å². The summed E-state index contributed by atoms with van der Waals surface area (Å²) >= 11 is 3.57. The number of rotatable bonds is 5. The van der Waals surface area contributed by atoms with E-state index >= 15 is 0 Å². The van der Waals surface area contributed by atoms with Gasteiger partial charge in [0.2, 0.25) is 0 Å². The van der Waals surface area contributed by atoms with E-state index in [4.69, 9.17) is 6.42 Å². The number of hydrogen-bond donors (Lipinski definition) is 1. The van der Waals surface area contributed by atoms with Gasteiger partial charge in [-0.1, -0.05) is 6.92 Å². The van der Waals surface area contributed by atoms with Gasteiger partial charge in [-0.05, 0) is 22.4 Å². The van der Waals surface area contributed by atoms with Crippen molar-refractivity contribution in [2.45, 2.75) is 26.3 Å². The molecule has 4 heteroatoms. The molecule has 0 saturated heterocycles. The number of aromatic nitrogens is 2. The molecule has 1 rings (SSSR count). The van der Waals surface area contributed by atoms with E-state index in [1.165, 1.54) is 5.69 Å². The van der Waals surface area contributed by atoms with Crippen LogP contribution in [0, 0.1) is 12.3 Å². The molecule has 0 aliphatic carbocycles. The Kier molecular flexibility index (Phi) is 4.86. The number of halogens is 1. The second-order valence-corrected chi connectivity index (χ2v) is 4.11. The van der Waals surface area contributed by atoms with E-state index < -0.39 is 0 Å². The molecule has 1 heterocycles. The van der Waals surface area contributed by atoms with E-state index in [-0.39, 0.29) is 0 Å². The molecule has 1 aromatic heterocycles. The second-order valence-electron chi connectivity index (χ2n) is 3.32. The average Bonchev–Trinajstić information content (AvgIpc) is 2.50. The molecular formula is C11H16BrN3. The van der Waals surface area contributed by atoms with E-state index in [2.05, 4.69) is 39.2 Å². The van der Waals surface area contributed by atoms with Gasteiger partial charge in [0, 0.05) is 26.6 Å². The summed E-state index contributed by atoms with van der Waals surface area (Å²) in [7, 11) is 1.96. The molecule has 1 N–H and O–H groups in total. The van der Waals surface area contributed by atoms with Gasteiger partial charge in [0.1, 0.15) is 0 Å². The number of hydrogen-bond acceptors (Lipinski definition) is 2. The highest BCUT2D eigenvalue weighted by Gasteiger charge is 2.11. The molecule has 0 atom stereocenters. The Labute approximate surface area is 99.4 Å². The minimum Gasteiger partial charge on any atom is -0.310 e.